The largest absolute Gasteiger partial charge is 0.424 e. The molecule has 0 aliphatic carbocycles. The van der Waals surface area contributed by atoms with E-state index in [1.165, 1.54) is 19.4 Å². The van der Waals surface area contributed by atoms with Gasteiger partial charge in [-0.2, -0.15) is 13.2 Å². The molecule has 21 heavy (non-hydrogen) atoms. The number of nitrogens with zero attached hydrogens (tertiary/aromatic N) is 2. The number of nitrogens with one attached hydrogen (secondary N) is 2. The Labute approximate surface area is 120 Å². The third-order valence-electron chi connectivity index (χ3n) is 2.85. The third kappa shape index (κ3) is 4.10. The van der Waals surface area contributed by atoms with E-state index in [0.29, 0.717) is 0 Å². The van der Waals surface area contributed by atoms with Gasteiger partial charge in [0.05, 0.1) is 0 Å². The minimum absolute atomic E-state index is 0.138. The maximum absolute atomic E-state index is 13.2. The average molecular weight is 308 g/mol. The minimum Gasteiger partial charge on any atom is -0.374 e. The molecule has 0 saturated heterocycles. The minimum atomic E-state index is -4.90. The highest BCUT2D eigenvalue weighted by Gasteiger charge is 2.57. The molecular formula is C12H19F3N4O2. The van der Waals surface area contributed by atoms with E-state index < -0.39 is 30.1 Å². The van der Waals surface area contributed by atoms with Crippen LogP contribution in [0, 0.1) is 0 Å². The number of aromatic nitrogens is 2. The van der Waals surface area contributed by atoms with Gasteiger partial charge >= 0.3 is 12.2 Å². The Kier molecular flexibility index (Phi) is 5.21. The topological polar surface area (TPSA) is 79.2 Å². The summed E-state index contributed by atoms with van der Waals surface area (Å²) in [4.78, 5) is 14.9. The molecule has 0 radical (unpaired) electrons. The summed E-state index contributed by atoms with van der Waals surface area (Å²) in [6, 6.07) is -0.726. The van der Waals surface area contributed by atoms with Crippen LogP contribution >= 0.6 is 0 Å². The standard InChI is InChI=1S/C12H19F3N4O2/c1-8(2)18-10(20)17-5-4-11(21,12(13,14)15)9-16-6-7-19(9)3/h6-8,21H,4-5H2,1-3H3,(H2,17,18,20). The molecule has 0 saturated carbocycles. The number of carbonyl (C=O) groups is 1. The highest BCUT2D eigenvalue weighted by atomic mass is 19.4. The number of imidazole rings is 1. The fourth-order valence-corrected chi connectivity index (χ4v) is 1.81. The van der Waals surface area contributed by atoms with Gasteiger partial charge in [-0.25, -0.2) is 9.78 Å². The van der Waals surface area contributed by atoms with Gasteiger partial charge in [0.2, 0.25) is 5.60 Å². The van der Waals surface area contributed by atoms with Gasteiger partial charge in [0, 0.05) is 38.4 Å². The van der Waals surface area contributed by atoms with Crippen LogP contribution in [0.25, 0.3) is 0 Å². The molecule has 1 atom stereocenters. The lowest BCUT2D eigenvalue weighted by atomic mass is 9.97. The molecule has 0 fully saturated rings. The molecule has 9 heteroatoms. The van der Waals surface area contributed by atoms with Gasteiger partial charge in [0.25, 0.3) is 0 Å². The summed E-state index contributed by atoms with van der Waals surface area (Å²) in [5.74, 6) is -0.513. The lowest BCUT2D eigenvalue weighted by Gasteiger charge is -2.30. The molecular weight excluding hydrogens is 289 g/mol. The summed E-state index contributed by atoms with van der Waals surface area (Å²) < 4.78 is 40.6. The number of aryl methyl sites for hydroxylation is 1. The quantitative estimate of drug-likeness (QED) is 0.766. The molecule has 2 amide bonds. The first-order valence-corrected chi connectivity index (χ1v) is 6.39. The van der Waals surface area contributed by atoms with E-state index in [4.69, 9.17) is 0 Å². The maximum Gasteiger partial charge on any atom is 0.424 e. The lowest BCUT2D eigenvalue weighted by molar-refractivity contribution is -0.272. The Bertz CT molecular complexity index is 487. The fraction of sp³-hybridized carbons (Fsp3) is 0.667. The second kappa shape index (κ2) is 6.33. The molecule has 6 nitrogen and oxygen atoms in total. The maximum atomic E-state index is 13.2. The van der Waals surface area contributed by atoms with Crippen LogP contribution in [0.1, 0.15) is 26.1 Å². The zero-order valence-electron chi connectivity index (χ0n) is 12.0. The molecule has 1 rings (SSSR count). The van der Waals surface area contributed by atoms with E-state index in [1.807, 2.05) is 0 Å². The monoisotopic (exact) mass is 308 g/mol. The number of alkyl halides is 3. The summed E-state index contributed by atoms with van der Waals surface area (Å²) in [5.41, 5.74) is -3.11. The van der Waals surface area contributed by atoms with Crippen molar-refractivity contribution in [1.82, 2.24) is 20.2 Å². The van der Waals surface area contributed by atoms with Crippen LogP contribution in [-0.2, 0) is 12.6 Å². The molecule has 1 aromatic heterocycles. The van der Waals surface area contributed by atoms with Crippen LogP contribution in [0.4, 0.5) is 18.0 Å². The van der Waals surface area contributed by atoms with Crippen LogP contribution in [0.2, 0.25) is 0 Å². The molecule has 120 valence electrons. The van der Waals surface area contributed by atoms with Crippen LogP contribution < -0.4 is 10.6 Å². The molecule has 3 N–H and O–H groups in total. The van der Waals surface area contributed by atoms with Crippen molar-refractivity contribution in [3.8, 4) is 0 Å². The smallest absolute Gasteiger partial charge is 0.374 e. The highest BCUT2D eigenvalue weighted by molar-refractivity contribution is 5.74. The van der Waals surface area contributed by atoms with Crippen molar-refractivity contribution < 1.29 is 23.1 Å². The first-order valence-electron chi connectivity index (χ1n) is 6.39. The predicted octanol–water partition coefficient (Wildman–Crippen LogP) is 1.27. The van der Waals surface area contributed by atoms with E-state index >= 15 is 0 Å². The van der Waals surface area contributed by atoms with Crippen molar-refractivity contribution in [2.75, 3.05) is 6.54 Å². The van der Waals surface area contributed by atoms with Crippen molar-refractivity contribution in [2.45, 2.75) is 38.1 Å². The number of hydrogen-bond donors (Lipinski definition) is 3. The second-order valence-electron chi connectivity index (χ2n) is 5.02. The SMILES string of the molecule is CC(C)NC(=O)NCCC(O)(c1nccn1C)C(F)(F)F. The second-order valence-corrected chi connectivity index (χ2v) is 5.02. The predicted molar refractivity (Wildman–Crippen MR) is 69.4 cm³/mol. The summed E-state index contributed by atoms with van der Waals surface area (Å²) in [5, 5.41) is 14.8. The summed E-state index contributed by atoms with van der Waals surface area (Å²) in [6.45, 7) is 3.10. The van der Waals surface area contributed by atoms with Gasteiger partial charge in [-0.05, 0) is 13.8 Å². The van der Waals surface area contributed by atoms with Crippen LogP contribution in [0.15, 0.2) is 12.4 Å². The van der Waals surface area contributed by atoms with Crippen LogP contribution in [0.3, 0.4) is 0 Å². The Balaban J connectivity index is 2.78. The van der Waals surface area contributed by atoms with E-state index in [9.17, 15) is 23.1 Å². The van der Waals surface area contributed by atoms with Gasteiger partial charge in [-0.15, -0.1) is 0 Å². The lowest BCUT2D eigenvalue weighted by Crippen LogP contribution is -2.48. The van der Waals surface area contributed by atoms with Crippen molar-refractivity contribution in [1.29, 1.82) is 0 Å². The number of rotatable bonds is 5. The van der Waals surface area contributed by atoms with Gasteiger partial charge in [-0.1, -0.05) is 0 Å². The molecule has 1 aromatic rings. The molecule has 0 aliphatic heterocycles. The number of amides is 2. The molecule has 1 heterocycles. The van der Waals surface area contributed by atoms with Crippen molar-refractivity contribution in [3.05, 3.63) is 18.2 Å². The average Bonchev–Trinajstić information content (AvgIpc) is 2.73. The number of hydrogen-bond acceptors (Lipinski definition) is 3. The normalized spacial score (nSPS) is 14.9. The Morgan fingerprint density at radius 3 is 2.52 bits per heavy atom. The van der Waals surface area contributed by atoms with E-state index in [-0.39, 0.29) is 12.6 Å². The Morgan fingerprint density at radius 1 is 1.48 bits per heavy atom. The summed E-state index contributed by atoms with van der Waals surface area (Å²) >= 11 is 0. The Hall–Kier alpha value is -1.77. The van der Waals surface area contributed by atoms with Crippen LogP contribution in [0.5, 0.6) is 0 Å². The first-order chi connectivity index (χ1) is 9.58. The van der Waals surface area contributed by atoms with Gasteiger partial charge < -0.3 is 20.3 Å². The number of aliphatic hydroxyl groups is 1. The van der Waals surface area contributed by atoms with Crippen molar-refractivity contribution in [2.24, 2.45) is 7.05 Å². The third-order valence-corrected chi connectivity index (χ3v) is 2.85. The molecule has 0 spiro atoms. The number of urea groups is 1. The van der Waals surface area contributed by atoms with E-state index in [0.717, 1.165) is 4.57 Å². The summed E-state index contributed by atoms with van der Waals surface area (Å²) in [6.07, 6.45) is -3.15. The summed E-state index contributed by atoms with van der Waals surface area (Å²) in [7, 11) is 1.36. The van der Waals surface area contributed by atoms with E-state index in [2.05, 4.69) is 15.6 Å². The molecule has 0 aromatic carbocycles. The zero-order valence-corrected chi connectivity index (χ0v) is 12.0. The van der Waals surface area contributed by atoms with E-state index in [1.54, 1.807) is 13.8 Å². The van der Waals surface area contributed by atoms with Gasteiger partial charge in [0.1, 0.15) is 5.82 Å². The van der Waals surface area contributed by atoms with Crippen molar-refractivity contribution >= 4 is 6.03 Å². The van der Waals surface area contributed by atoms with Crippen LogP contribution in [-0.4, -0.2) is 39.5 Å². The first kappa shape index (κ1) is 17.3. The number of carbonyl (C=O) groups excluding carboxylic acids is 1. The molecule has 0 bridgehead atoms. The fourth-order valence-electron chi connectivity index (χ4n) is 1.81. The van der Waals surface area contributed by atoms with Gasteiger partial charge in [0.15, 0.2) is 0 Å². The highest BCUT2D eigenvalue weighted by Crippen LogP contribution is 2.40. The Morgan fingerprint density at radius 2 is 2.10 bits per heavy atom. The number of halogens is 3. The van der Waals surface area contributed by atoms with Crippen molar-refractivity contribution in [3.63, 3.8) is 0 Å². The molecule has 1 unspecified atom stereocenters. The van der Waals surface area contributed by atoms with Gasteiger partial charge in [-0.3, -0.25) is 0 Å². The zero-order chi connectivity index (χ0) is 16.3. The molecule has 0 aliphatic rings.